The van der Waals surface area contributed by atoms with Gasteiger partial charge in [0.15, 0.2) is 0 Å². The molecule has 0 aromatic carbocycles. The van der Waals surface area contributed by atoms with Crippen LogP contribution in [0.25, 0.3) is 0 Å². The zero-order valence-corrected chi connectivity index (χ0v) is 13.1. The second-order valence-corrected chi connectivity index (χ2v) is 6.14. The maximum absolute atomic E-state index is 5.62. The summed E-state index contributed by atoms with van der Waals surface area (Å²) in [5.41, 5.74) is 0.0561. The molecule has 0 amide bonds. The molecule has 114 valence electrons. The second-order valence-electron chi connectivity index (χ2n) is 6.14. The molecular formula is C15H27N3O2. The number of ether oxygens (including phenoxy) is 1. The molecule has 0 bridgehead atoms. The van der Waals surface area contributed by atoms with E-state index in [1.165, 1.54) is 0 Å². The Balaban J connectivity index is 2.24. The topological polar surface area (TPSA) is 60.2 Å². The van der Waals surface area contributed by atoms with E-state index in [0.29, 0.717) is 11.7 Å². The van der Waals surface area contributed by atoms with E-state index in [0.717, 1.165) is 44.7 Å². The van der Waals surface area contributed by atoms with Crippen molar-refractivity contribution in [2.75, 3.05) is 20.2 Å². The summed E-state index contributed by atoms with van der Waals surface area (Å²) in [5, 5.41) is 7.59. The highest BCUT2D eigenvalue weighted by molar-refractivity contribution is 5.08. The molecule has 0 radical (unpaired) electrons. The van der Waals surface area contributed by atoms with E-state index in [1.54, 1.807) is 7.11 Å². The lowest BCUT2D eigenvalue weighted by Gasteiger charge is -2.34. The summed E-state index contributed by atoms with van der Waals surface area (Å²) >= 11 is 0. The maximum atomic E-state index is 5.62. The molecule has 0 aliphatic carbocycles. The van der Waals surface area contributed by atoms with Crippen LogP contribution in [0.2, 0.25) is 0 Å². The van der Waals surface area contributed by atoms with Crippen molar-refractivity contribution >= 4 is 0 Å². The highest BCUT2D eigenvalue weighted by atomic mass is 16.5. The summed E-state index contributed by atoms with van der Waals surface area (Å²) < 4.78 is 11.1. The Bertz CT molecular complexity index is 405. The van der Waals surface area contributed by atoms with Crippen molar-refractivity contribution in [2.45, 2.75) is 58.0 Å². The molecule has 1 aliphatic rings. The van der Waals surface area contributed by atoms with Crippen molar-refractivity contribution in [1.29, 1.82) is 0 Å². The van der Waals surface area contributed by atoms with Crippen molar-refractivity contribution in [3.63, 3.8) is 0 Å². The largest absolute Gasteiger partial charge is 0.373 e. The lowest BCUT2D eigenvalue weighted by molar-refractivity contribution is 0.0555. The molecule has 1 aliphatic heterocycles. The van der Waals surface area contributed by atoms with E-state index in [9.17, 15) is 0 Å². The van der Waals surface area contributed by atoms with Crippen molar-refractivity contribution in [1.82, 2.24) is 15.5 Å². The van der Waals surface area contributed by atoms with Gasteiger partial charge in [-0.25, -0.2) is 0 Å². The summed E-state index contributed by atoms with van der Waals surface area (Å²) in [5.74, 6) is 1.82. The quantitative estimate of drug-likeness (QED) is 0.869. The molecule has 0 spiro atoms. The van der Waals surface area contributed by atoms with E-state index in [4.69, 9.17) is 9.26 Å². The van der Waals surface area contributed by atoms with E-state index in [2.05, 4.69) is 36.2 Å². The minimum Gasteiger partial charge on any atom is -0.373 e. The minimum atomic E-state index is -0.0899. The molecule has 5 nitrogen and oxygen atoms in total. The predicted molar refractivity (Wildman–Crippen MR) is 77.6 cm³/mol. The van der Waals surface area contributed by atoms with Gasteiger partial charge in [0.05, 0.1) is 5.41 Å². The second kappa shape index (κ2) is 6.68. The van der Waals surface area contributed by atoms with Crippen molar-refractivity contribution in [3.05, 3.63) is 11.7 Å². The van der Waals surface area contributed by atoms with Gasteiger partial charge in [0.2, 0.25) is 11.7 Å². The number of methoxy groups -OCH3 is 1. The summed E-state index contributed by atoms with van der Waals surface area (Å²) in [6.07, 6.45) is 4.29. The van der Waals surface area contributed by atoms with Crippen LogP contribution in [0.5, 0.6) is 0 Å². The minimum absolute atomic E-state index is 0.0561. The van der Waals surface area contributed by atoms with Crippen LogP contribution in [-0.2, 0) is 10.2 Å². The molecule has 1 unspecified atom stereocenters. The average molecular weight is 281 g/mol. The van der Waals surface area contributed by atoms with Crippen LogP contribution in [0.15, 0.2) is 4.52 Å². The average Bonchev–Trinajstić information content (AvgIpc) is 2.90. The van der Waals surface area contributed by atoms with Gasteiger partial charge < -0.3 is 14.6 Å². The SMILES string of the molecule is CCCC1(c2nc(C(OC)C(C)C)no2)CCNCC1. The summed E-state index contributed by atoms with van der Waals surface area (Å²) in [6, 6.07) is 0. The molecule has 2 heterocycles. The molecule has 2 rings (SSSR count). The van der Waals surface area contributed by atoms with Crippen LogP contribution in [-0.4, -0.2) is 30.3 Å². The number of nitrogens with zero attached hydrogens (tertiary/aromatic N) is 2. The van der Waals surface area contributed by atoms with Gasteiger partial charge in [0.1, 0.15) is 6.10 Å². The summed E-state index contributed by atoms with van der Waals surface area (Å²) in [4.78, 5) is 4.69. The third-order valence-corrected chi connectivity index (χ3v) is 4.30. The number of hydrogen-bond acceptors (Lipinski definition) is 5. The zero-order valence-electron chi connectivity index (χ0n) is 13.1. The van der Waals surface area contributed by atoms with Crippen molar-refractivity contribution < 1.29 is 9.26 Å². The first kappa shape index (κ1) is 15.4. The van der Waals surface area contributed by atoms with Gasteiger partial charge in [0, 0.05) is 7.11 Å². The summed E-state index contributed by atoms with van der Waals surface area (Å²) in [6.45, 7) is 8.48. The number of nitrogens with one attached hydrogen (secondary N) is 1. The molecular weight excluding hydrogens is 254 g/mol. The zero-order chi connectivity index (χ0) is 14.6. The van der Waals surface area contributed by atoms with Gasteiger partial charge in [-0.3, -0.25) is 0 Å². The number of aromatic nitrogens is 2. The summed E-state index contributed by atoms with van der Waals surface area (Å²) in [7, 11) is 1.70. The van der Waals surface area contributed by atoms with Crippen LogP contribution in [0.3, 0.4) is 0 Å². The first-order valence-corrected chi connectivity index (χ1v) is 7.70. The molecule has 1 aromatic heterocycles. The predicted octanol–water partition coefficient (Wildman–Crippen LogP) is 2.83. The smallest absolute Gasteiger partial charge is 0.233 e. The van der Waals surface area contributed by atoms with Gasteiger partial charge in [0.25, 0.3) is 0 Å². The molecule has 1 N–H and O–H groups in total. The van der Waals surface area contributed by atoms with Crippen LogP contribution in [0.4, 0.5) is 0 Å². The van der Waals surface area contributed by atoms with E-state index >= 15 is 0 Å². The Morgan fingerprint density at radius 1 is 1.35 bits per heavy atom. The molecule has 1 aromatic rings. The standard InChI is InChI=1S/C15H27N3O2/c1-5-6-15(7-9-16-10-8-15)14-17-13(18-20-14)12(19-4)11(2)3/h11-12,16H,5-10H2,1-4H3. The monoisotopic (exact) mass is 281 g/mol. The fraction of sp³-hybridized carbons (Fsp3) is 0.867. The van der Waals surface area contributed by atoms with Gasteiger partial charge in [-0.05, 0) is 38.3 Å². The molecule has 1 saturated heterocycles. The normalized spacial score (nSPS) is 20.2. The Kier molecular flexibility index (Phi) is 5.16. The van der Waals surface area contributed by atoms with Gasteiger partial charge in [-0.15, -0.1) is 0 Å². The first-order chi connectivity index (χ1) is 9.63. The fourth-order valence-electron chi connectivity index (χ4n) is 3.20. The Labute approximate surface area is 121 Å². The van der Waals surface area contributed by atoms with Gasteiger partial charge in [-0.2, -0.15) is 4.98 Å². The molecule has 20 heavy (non-hydrogen) atoms. The van der Waals surface area contributed by atoms with Crippen LogP contribution < -0.4 is 5.32 Å². The fourth-order valence-corrected chi connectivity index (χ4v) is 3.20. The maximum Gasteiger partial charge on any atom is 0.233 e. The molecule has 1 fully saturated rings. The lowest BCUT2D eigenvalue weighted by atomic mass is 9.75. The molecule has 5 heteroatoms. The van der Waals surface area contributed by atoms with Crippen LogP contribution >= 0.6 is 0 Å². The van der Waals surface area contributed by atoms with Crippen molar-refractivity contribution in [3.8, 4) is 0 Å². The number of hydrogen-bond donors (Lipinski definition) is 1. The van der Waals surface area contributed by atoms with Crippen LogP contribution in [0, 0.1) is 5.92 Å². The highest BCUT2D eigenvalue weighted by Crippen LogP contribution is 2.37. The lowest BCUT2D eigenvalue weighted by Crippen LogP contribution is -2.40. The molecule has 0 saturated carbocycles. The van der Waals surface area contributed by atoms with E-state index in [1.807, 2.05) is 0 Å². The van der Waals surface area contributed by atoms with E-state index in [-0.39, 0.29) is 11.5 Å². The van der Waals surface area contributed by atoms with Gasteiger partial charge in [-0.1, -0.05) is 32.3 Å². The third-order valence-electron chi connectivity index (χ3n) is 4.30. The Hall–Kier alpha value is -0.940. The number of piperidine rings is 1. The highest BCUT2D eigenvalue weighted by Gasteiger charge is 2.39. The van der Waals surface area contributed by atoms with Crippen LogP contribution in [0.1, 0.15) is 64.3 Å². The third kappa shape index (κ3) is 3.04. The first-order valence-electron chi connectivity index (χ1n) is 7.70. The van der Waals surface area contributed by atoms with E-state index < -0.39 is 0 Å². The Morgan fingerprint density at radius 3 is 2.60 bits per heavy atom. The van der Waals surface area contributed by atoms with Crippen molar-refractivity contribution in [2.24, 2.45) is 5.92 Å². The number of rotatable bonds is 6. The van der Waals surface area contributed by atoms with Gasteiger partial charge >= 0.3 is 0 Å². The molecule has 1 atom stereocenters. The Morgan fingerprint density at radius 2 is 2.05 bits per heavy atom.